The minimum absolute atomic E-state index is 0.00663. The van der Waals surface area contributed by atoms with Crippen molar-refractivity contribution in [1.29, 1.82) is 5.26 Å². The number of para-hydroxylation sites is 1. The third-order valence-electron chi connectivity index (χ3n) is 4.33. The van der Waals surface area contributed by atoms with Crippen LogP contribution in [-0.4, -0.2) is 9.49 Å². The summed E-state index contributed by atoms with van der Waals surface area (Å²) in [4.78, 5) is 10.3. The van der Waals surface area contributed by atoms with Gasteiger partial charge >= 0.3 is 0 Å². The first-order chi connectivity index (χ1) is 12.6. The summed E-state index contributed by atoms with van der Waals surface area (Å²) >= 11 is 0. The van der Waals surface area contributed by atoms with Crippen LogP contribution in [0.25, 0.3) is 22.6 Å². The van der Waals surface area contributed by atoms with E-state index in [1.165, 1.54) is 12.1 Å². The van der Waals surface area contributed by atoms with E-state index >= 15 is 0 Å². The molecule has 0 N–H and O–H groups in total. The largest absolute Gasteiger partial charge is 0.333 e. The van der Waals surface area contributed by atoms with E-state index in [2.05, 4.69) is 12.0 Å². The second kappa shape index (κ2) is 6.96. The Balaban J connectivity index is 2.16. The van der Waals surface area contributed by atoms with Crippen LogP contribution in [0.15, 0.2) is 48.5 Å². The molecule has 0 spiro atoms. The fourth-order valence-corrected chi connectivity index (χ4v) is 3.02. The molecule has 0 bridgehead atoms. The molecule has 0 saturated heterocycles. The third kappa shape index (κ3) is 2.94. The number of rotatable bonds is 4. The summed E-state index contributed by atoms with van der Waals surface area (Å²) in [7, 11) is 0. The van der Waals surface area contributed by atoms with E-state index in [0.717, 1.165) is 22.2 Å². The van der Waals surface area contributed by atoms with Crippen molar-refractivity contribution in [3.63, 3.8) is 0 Å². The molecule has 0 radical (unpaired) electrons. The Morgan fingerprint density at radius 2 is 1.96 bits per heavy atom. The van der Waals surface area contributed by atoms with Crippen molar-refractivity contribution in [3.05, 3.63) is 75.5 Å². The normalized spacial score (nSPS) is 11.1. The average Bonchev–Trinajstić information content (AvgIpc) is 2.92. The van der Waals surface area contributed by atoms with Crippen molar-refractivity contribution in [2.75, 3.05) is 0 Å². The summed E-state index contributed by atoms with van der Waals surface area (Å²) in [5.41, 5.74) is 3.96. The Hall–Kier alpha value is -3.83. The summed E-state index contributed by atoms with van der Waals surface area (Å²) in [5, 5.41) is 21.4. The zero-order valence-electron chi connectivity index (χ0n) is 14.1. The van der Waals surface area contributed by atoms with Crippen molar-refractivity contribution in [3.8, 4) is 18.4 Å². The SMILES string of the molecule is C#CCn1c(C)c(/C=C(/C#N)c2ccc([N+](=O)[O-])cc2)c2ccccc21. The summed E-state index contributed by atoms with van der Waals surface area (Å²) < 4.78 is 2.03. The average molecular weight is 341 g/mol. The lowest BCUT2D eigenvalue weighted by Gasteiger charge is -2.03. The molecule has 1 heterocycles. The lowest BCUT2D eigenvalue weighted by atomic mass is 10.0. The minimum atomic E-state index is -0.461. The smallest absolute Gasteiger partial charge is 0.269 e. The molecule has 1 aromatic heterocycles. The van der Waals surface area contributed by atoms with Gasteiger partial charge in [-0.15, -0.1) is 6.42 Å². The first-order valence-electron chi connectivity index (χ1n) is 7.94. The highest BCUT2D eigenvalue weighted by Crippen LogP contribution is 2.30. The van der Waals surface area contributed by atoms with Crippen LogP contribution in [-0.2, 0) is 6.54 Å². The minimum Gasteiger partial charge on any atom is -0.333 e. The molecule has 0 unspecified atom stereocenters. The maximum Gasteiger partial charge on any atom is 0.269 e. The monoisotopic (exact) mass is 341 g/mol. The molecule has 5 nitrogen and oxygen atoms in total. The van der Waals surface area contributed by atoms with E-state index < -0.39 is 4.92 Å². The molecule has 2 aromatic carbocycles. The van der Waals surface area contributed by atoms with Gasteiger partial charge < -0.3 is 4.57 Å². The lowest BCUT2D eigenvalue weighted by molar-refractivity contribution is -0.384. The Labute approximate surface area is 150 Å². The number of allylic oxidation sites excluding steroid dienone is 1. The second-order valence-corrected chi connectivity index (χ2v) is 5.78. The molecule has 0 aliphatic carbocycles. The fourth-order valence-electron chi connectivity index (χ4n) is 3.02. The highest BCUT2D eigenvalue weighted by atomic mass is 16.6. The van der Waals surface area contributed by atoms with Crippen LogP contribution < -0.4 is 0 Å². The van der Waals surface area contributed by atoms with Crippen LogP contribution >= 0.6 is 0 Å². The Morgan fingerprint density at radius 1 is 1.27 bits per heavy atom. The summed E-state index contributed by atoms with van der Waals surface area (Å²) in [6, 6.07) is 16.0. The zero-order chi connectivity index (χ0) is 18.7. The molecule has 0 saturated carbocycles. The molecule has 3 aromatic rings. The maximum absolute atomic E-state index is 10.8. The molecule has 0 amide bonds. The van der Waals surface area contributed by atoms with Gasteiger partial charge in [-0.2, -0.15) is 5.26 Å². The number of hydrogen-bond donors (Lipinski definition) is 0. The highest BCUT2D eigenvalue weighted by Gasteiger charge is 2.13. The topological polar surface area (TPSA) is 71.9 Å². The fraction of sp³-hybridized carbons (Fsp3) is 0.0952. The number of fused-ring (bicyclic) bond motifs is 1. The van der Waals surface area contributed by atoms with Gasteiger partial charge in [-0.3, -0.25) is 10.1 Å². The van der Waals surface area contributed by atoms with Crippen molar-refractivity contribution in [1.82, 2.24) is 4.57 Å². The van der Waals surface area contributed by atoms with Gasteiger partial charge in [0.25, 0.3) is 5.69 Å². The van der Waals surface area contributed by atoms with Crippen LogP contribution in [0.2, 0.25) is 0 Å². The van der Waals surface area contributed by atoms with Gasteiger partial charge in [0.1, 0.15) is 0 Å². The first kappa shape index (κ1) is 17.0. The molecule has 0 aliphatic rings. The Bertz CT molecular complexity index is 1110. The predicted molar refractivity (Wildman–Crippen MR) is 102 cm³/mol. The van der Waals surface area contributed by atoms with E-state index in [1.807, 2.05) is 41.8 Å². The van der Waals surface area contributed by atoms with E-state index in [4.69, 9.17) is 6.42 Å². The van der Waals surface area contributed by atoms with E-state index in [-0.39, 0.29) is 5.69 Å². The maximum atomic E-state index is 10.8. The molecule has 26 heavy (non-hydrogen) atoms. The number of nitriles is 1. The molecule has 0 aliphatic heterocycles. The molecule has 0 atom stereocenters. The quantitative estimate of drug-likeness (QED) is 0.302. The summed E-state index contributed by atoms with van der Waals surface area (Å²) in [5.74, 6) is 2.66. The number of nitro groups is 1. The number of benzene rings is 2. The second-order valence-electron chi connectivity index (χ2n) is 5.78. The number of terminal acetylenes is 1. The van der Waals surface area contributed by atoms with Crippen LogP contribution in [0.3, 0.4) is 0 Å². The first-order valence-corrected chi connectivity index (χ1v) is 7.94. The molecule has 126 valence electrons. The van der Waals surface area contributed by atoms with Crippen molar-refractivity contribution in [2.45, 2.75) is 13.5 Å². The lowest BCUT2D eigenvalue weighted by Crippen LogP contribution is -1.97. The van der Waals surface area contributed by atoms with Gasteiger partial charge in [0.2, 0.25) is 0 Å². The number of non-ortho nitro benzene ring substituents is 1. The van der Waals surface area contributed by atoms with E-state index in [1.54, 1.807) is 12.1 Å². The number of hydrogen-bond acceptors (Lipinski definition) is 3. The number of nitrogens with zero attached hydrogens (tertiary/aromatic N) is 3. The molecule has 5 heteroatoms. The third-order valence-corrected chi connectivity index (χ3v) is 4.33. The van der Waals surface area contributed by atoms with E-state index in [0.29, 0.717) is 17.7 Å². The Morgan fingerprint density at radius 3 is 2.58 bits per heavy atom. The summed E-state index contributed by atoms with van der Waals surface area (Å²) in [6.45, 7) is 2.41. The van der Waals surface area contributed by atoms with Gasteiger partial charge in [-0.1, -0.05) is 24.1 Å². The molecular formula is C21H15N3O2. The van der Waals surface area contributed by atoms with Gasteiger partial charge in [0.05, 0.1) is 23.1 Å². The number of nitro benzene ring substituents is 1. The van der Waals surface area contributed by atoms with Crippen LogP contribution in [0, 0.1) is 40.7 Å². The van der Waals surface area contributed by atoms with Gasteiger partial charge in [-0.05, 0) is 36.8 Å². The van der Waals surface area contributed by atoms with Crippen LogP contribution in [0.4, 0.5) is 5.69 Å². The van der Waals surface area contributed by atoms with Crippen molar-refractivity contribution in [2.24, 2.45) is 0 Å². The van der Waals surface area contributed by atoms with E-state index in [9.17, 15) is 15.4 Å². The standard InChI is InChI=1S/C21H15N3O2/c1-3-12-23-15(2)20(19-6-4-5-7-21(19)23)13-17(14-22)16-8-10-18(11-9-16)24(25)26/h1,4-11,13H,12H2,2H3/b17-13-. The molecular weight excluding hydrogens is 326 g/mol. The van der Waals surface area contributed by atoms with Gasteiger partial charge in [0.15, 0.2) is 0 Å². The highest BCUT2D eigenvalue weighted by molar-refractivity contribution is 5.99. The summed E-state index contributed by atoms with van der Waals surface area (Å²) in [6.07, 6.45) is 7.30. The molecule has 3 rings (SSSR count). The predicted octanol–water partition coefficient (Wildman–Crippen LogP) is 4.56. The number of aromatic nitrogens is 1. The van der Waals surface area contributed by atoms with Crippen molar-refractivity contribution >= 4 is 28.2 Å². The zero-order valence-corrected chi connectivity index (χ0v) is 14.1. The van der Waals surface area contributed by atoms with Crippen LogP contribution in [0.5, 0.6) is 0 Å². The molecule has 0 fully saturated rings. The van der Waals surface area contributed by atoms with Crippen molar-refractivity contribution < 1.29 is 4.92 Å². The van der Waals surface area contributed by atoms with Gasteiger partial charge in [-0.25, -0.2) is 0 Å². The van der Waals surface area contributed by atoms with Crippen LogP contribution in [0.1, 0.15) is 16.8 Å². The van der Waals surface area contributed by atoms with Gasteiger partial charge in [0, 0.05) is 34.3 Å². The Kier molecular flexibility index (Phi) is 4.55.